The monoisotopic (exact) mass is 354 g/mol. The van der Waals surface area contributed by atoms with Gasteiger partial charge in [0.1, 0.15) is 0 Å². The van der Waals surface area contributed by atoms with Gasteiger partial charge in [-0.3, -0.25) is 9.88 Å². The van der Waals surface area contributed by atoms with Crippen LogP contribution in [0.5, 0.6) is 0 Å². The molecule has 0 aliphatic carbocycles. The Morgan fingerprint density at radius 3 is 2.15 bits per heavy atom. The van der Waals surface area contributed by atoms with Gasteiger partial charge in [-0.2, -0.15) is 0 Å². The molecule has 0 spiro atoms. The highest BCUT2D eigenvalue weighted by Gasteiger charge is 2.12. The van der Waals surface area contributed by atoms with Gasteiger partial charge in [0.25, 0.3) is 0 Å². The van der Waals surface area contributed by atoms with Gasteiger partial charge in [-0.05, 0) is 43.1 Å². The highest BCUT2D eigenvalue weighted by molar-refractivity contribution is 5.89. The van der Waals surface area contributed by atoms with E-state index >= 15 is 0 Å². The lowest BCUT2D eigenvalue weighted by atomic mass is 10.1. The largest absolute Gasteiger partial charge is 0.478 e. The summed E-state index contributed by atoms with van der Waals surface area (Å²) < 4.78 is 0. The number of pyridine rings is 1. The van der Waals surface area contributed by atoms with Crippen LogP contribution in [0.3, 0.4) is 0 Å². The fourth-order valence-corrected chi connectivity index (χ4v) is 2.70. The van der Waals surface area contributed by atoms with Crippen molar-refractivity contribution in [3.63, 3.8) is 0 Å². The molecule has 0 radical (unpaired) electrons. The molecule has 1 aromatic carbocycles. The van der Waals surface area contributed by atoms with Gasteiger partial charge in [0.05, 0.1) is 0 Å². The molecular formula is C20H22N2O4. The molecule has 136 valence electrons. The summed E-state index contributed by atoms with van der Waals surface area (Å²) in [7, 11) is 0. The van der Waals surface area contributed by atoms with Gasteiger partial charge >= 0.3 is 11.9 Å². The van der Waals surface area contributed by atoms with Crippen molar-refractivity contribution in [3.8, 4) is 11.1 Å². The number of benzene rings is 1. The number of nitrogens with zero attached hydrogens (tertiary/aromatic N) is 2. The van der Waals surface area contributed by atoms with Gasteiger partial charge in [-0.1, -0.05) is 30.3 Å². The zero-order chi connectivity index (χ0) is 18.8. The van der Waals surface area contributed by atoms with Gasteiger partial charge in [0, 0.05) is 36.7 Å². The van der Waals surface area contributed by atoms with E-state index in [1.165, 1.54) is 42.6 Å². The first-order chi connectivity index (χ1) is 12.5. The number of carboxylic acid groups (broad SMARTS) is 2. The molecule has 3 rings (SSSR count). The summed E-state index contributed by atoms with van der Waals surface area (Å²) in [6, 6.07) is 12.7. The van der Waals surface area contributed by atoms with Crippen molar-refractivity contribution >= 4 is 11.9 Å². The molecule has 0 bridgehead atoms. The predicted molar refractivity (Wildman–Crippen MR) is 98.6 cm³/mol. The second-order valence-corrected chi connectivity index (χ2v) is 5.94. The molecule has 1 aliphatic rings. The Balaban J connectivity index is 0.000000260. The molecular weight excluding hydrogens is 332 g/mol. The highest BCUT2D eigenvalue weighted by atomic mass is 16.4. The highest BCUT2D eigenvalue weighted by Crippen LogP contribution is 2.20. The van der Waals surface area contributed by atoms with Crippen LogP contribution in [0.4, 0.5) is 0 Å². The van der Waals surface area contributed by atoms with Crippen LogP contribution in [0.2, 0.25) is 0 Å². The number of carboxylic acids is 2. The Morgan fingerprint density at radius 1 is 0.962 bits per heavy atom. The quantitative estimate of drug-likeness (QED) is 0.802. The number of hydrogen-bond donors (Lipinski definition) is 2. The molecule has 2 heterocycles. The van der Waals surface area contributed by atoms with E-state index < -0.39 is 11.9 Å². The summed E-state index contributed by atoms with van der Waals surface area (Å²) in [5, 5.41) is 15.6. The topological polar surface area (TPSA) is 90.7 Å². The smallest absolute Gasteiger partial charge is 0.328 e. The maximum Gasteiger partial charge on any atom is 0.328 e. The summed E-state index contributed by atoms with van der Waals surface area (Å²) in [6.45, 7) is 3.50. The van der Waals surface area contributed by atoms with Gasteiger partial charge in [-0.25, -0.2) is 9.59 Å². The molecule has 1 fully saturated rings. The van der Waals surface area contributed by atoms with Gasteiger partial charge < -0.3 is 10.2 Å². The number of rotatable bonds is 5. The minimum Gasteiger partial charge on any atom is -0.478 e. The van der Waals surface area contributed by atoms with Crippen molar-refractivity contribution in [2.75, 3.05) is 13.1 Å². The van der Waals surface area contributed by atoms with Crippen molar-refractivity contribution < 1.29 is 19.8 Å². The third-order valence-corrected chi connectivity index (χ3v) is 3.88. The third-order valence-electron chi connectivity index (χ3n) is 3.88. The predicted octanol–water partition coefficient (Wildman–Crippen LogP) is 3.06. The van der Waals surface area contributed by atoms with Crippen molar-refractivity contribution in [3.05, 3.63) is 66.5 Å². The number of carbonyl (C=O) groups is 2. The third kappa shape index (κ3) is 6.86. The van der Waals surface area contributed by atoms with E-state index in [1.54, 1.807) is 0 Å². The van der Waals surface area contributed by atoms with Gasteiger partial charge in [0.2, 0.25) is 0 Å². The maximum atomic E-state index is 9.55. The summed E-state index contributed by atoms with van der Waals surface area (Å²) in [5.41, 5.74) is 3.78. The summed E-state index contributed by atoms with van der Waals surface area (Å²) in [4.78, 5) is 26.0. The normalized spacial score (nSPS) is 14.0. The Kier molecular flexibility index (Phi) is 7.51. The number of likely N-dealkylation sites (tertiary alicyclic amines) is 1. The van der Waals surface area contributed by atoms with Crippen LogP contribution >= 0.6 is 0 Å². The SMILES string of the molecule is O=C(O)/C=C/C(=O)O.c1ccc(-c2cncc(CN3CCCC3)c2)cc1. The van der Waals surface area contributed by atoms with Crippen LogP contribution in [0.15, 0.2) is 60.9 Å². The molecule has 2 aromatic rings. The van der Waals surface area contributed by atoms with Crippen LogP contribution in [0.25, 0.3) is 11.1 Å². The Bertz CT molecular complexity index is 737. The van der Waals surface area contributed by atoms with E-state index in [-0.39, 0.29) is 0 Å². The number of aromatic nitrogens is 1. The van der Waals surface area contributed by atoms with E-state index in [9.17, 15) is 9.59 Å². The molecule has 1 saturated heterocycles. The molecule has 6 nitrogen and oxygen atoms in total. The first-order valence-corrected chi connectivity index (χ1v) is 8.40. The fraction of sp³-hybridized carbons (Fsp3) is 0.250. The molecule has 6 heteroatoms. The van der Waals surface area contributed by atoms with Gasteiger partial charge in [0.15, 0.2) is 0 Å². The lowest BCUT2D eigenvalue weighted by Gasteiger charge is -2.14. The Morgan fingerprint density at radius 2 is 1.58 bits per heavy atom. The molecule has 1 aromatic heterocycles. The van der Waals surface area contributed by atoms with Crippen molar-refractivity contribution in [2.45, 2.75) is 19.4 Å². The minimum absolute atomic E-state index is 0.558. The van der Waals surface area contributed by atoms with Crippen molar-refractivity contribution in [2.24, 2.45) is 0 Å². The molecule has 26 heavy (non-hydrogen) atoms. The first kappa shape index (κ1) is 19.3. The summed E-state index contributed by atoms with van der Waals surface area (Å²) >= 11 is 0. The zero-order valence-corrected chi connectivity index (χ0v) is 14.4. The van der Waals surface area contributed by atoms with E-state index in [0.29, 0.717) is 12.2 Å². The number of hydrogen-bond acceptors (Lipinski definition) is 4. The second-order valence-electron chi connectivity index (χ2n) is 5.94. The van der Waals surface area contributed by atoms with Crippen LogP contribution in [-0.2, 0) is 16.1 Å². The van der Waals surface area contributed by atoms with Crippen LogP contribution < -0.4 is 0 Å². The zero-order valence-electron chi connectivity index (χ0n) is 14.4. The van der Waals surface area contributed by atoms with Gasteiger partial charge in [-0.15, -0.1) is 0 Å². The van der Waals surface area contributed by atoms with E-state index in [2.05, 4.69) is 40.2 Å². The second kappa shape index (κ2) is 10.1. The van der Waals surface area contributed by atoms with Crippen LogP contribution in [-0.4, -0.2) is 45.1 Å². The lowest BCUT2D eigenvalue weighted by molar-refractivity contribution is -0.134. The first-order valence-electron chi connectivity index (χ1n) is 8.40. The standard InChI is InChI=1S/C16H18N2.C4H4O4/c1-2-6-15(7-3-1)16-10-14(11-17-12-16)13-18-8-4-5-9-18;5-3(6)1-2-4(7)8/h1-3,6-7,10-12H,4-5,8-9,13H2;1-2H,(H,5,6)(H,7,8)/b;2-1+. The average molecular weight is 354 g/mol. The molecule has 0 amide bonds. The average Bonchev–Trinajstić information content (AvgIpc) is 3.14. The minimum atomic E-state index is -1.26. The van der Waals surface area contributed by atoms with E-state index in [0.717, 1.165) is 6.54 Å². The summed E-state index contributed by atoms with van der Waals surface area (Å²) in [6.07, 6.45) is 7.73. The van der Waals surface area contributed by atoms with Crippen molar-refractivity contribution in [1.29, 1.82) is 0 Å². The molecule has 0 unspecified atom stereocenters. The molecule has 0 atom stereocenters. The van der Waals surface area contributed by atoms with Crippen molar-refractivity contribution in [1.82, 2.24) is 9.88 Å². The summed E-state index contributed by atoms with van der Waals surface area (Å²) in [5.74, 6) is -2.51. The van der Waals surface area contributed by atoms with Crippen LogP contribution in [0, 0.1) is 0 Å². The lowest BCUT2D eigenvalue weighted by Crippen LogP contribution is -2.18. The van der Waals surface area contributed by atoms with E-state index in [4.69, 9.17) is 10.2 Å². The van der Waals surface area contributed by atoms with Crippen LogP contribution in [0.1, 0.15) is 18.4 Å². The molecule has 2 N–H and O–H groups in total. The number of aliphatic carboxylic acids is 2. The Hall–Kier alpha value is -2.99. The Labute approximate surface area is 152 Å². The maximum absolute atomic E-state index is 9.55. The fourth-order valence-electron chi connectivity index (χ4n) is 2.70. The van der Waals surface area contributed by atoms with E-state index in [1.807, 2.05) is 18.5 Å². The molecule has 0 saturated carbocycles. The molecule has 1 aliphatic heterocycles.